The molecule has 0 atom stereocenters. The summed E-state index contributed by atoms with van der Waals surface area (Å²) in [6.07, 6.45) is 5.48. The molecule has 0 radical (unpaired) electrons. The lowest BCUT2D eigenvalue weighted by molar-refractivity contribution is 0.0998. The molecule has 5 nitrogen and oxygen atoms in total. The SMILES string of the molecule is C#CCn1c(=NC(=O)c2ccc(S(=O)(=O)C(C)C)cc2)sc2cc(C)ccc21. The normalized spacial score (nSPS) is 12.5. The number of fused-ring (bicyclic) bond motifs is 1. The molecular weight excluding hydrogens is 392 g/mol. The lowest BCUT2D eigenvalue weighted by Gasteiger charge is -2.07. The van der Waals surface area contributed by atoms with E-state index in [1.165, 1.54) is 35.6 Å². The van der Waals surface area contributed by atoms with Crippen LogP contribution >= 0.6 is 11.3 Å². The zero-order chi connectivity index (χ0) is 20.5. The number of nitrogens with zero attached hydrogens (tertiary/aromatic N) is 2. The van der Waals surface area contributed by atoms with E-state index in [0.29, 0.717) is 16.9 Å². The molecule has 1 aromatic heterocycles. The topological polar surface area (TPSA) is 68.5 Å². The molecule has 0 bridgehead atoms. The number of sulfone groups is 1. The van der Waals surface area contributed by atoms with Crippen LogP contribution < -0.4 is 4.80 Å². The van der Waals surface area contributed by atoms with Gasteiger partial charge in [-0.25, -0.2) is 8.42 Å². The van der Waals surface area contributed by atoms with Crippen molar-refractivity contribution >= 4 is 37.3 Å². The Morgan fingerprint density at radius 1 is 1.21 bits per heavy atom. The van der Waals surface area contributed by atoms with Crippen molar-refractivity contribution in [1.82, 2.24) is 4.57 Å². The van der Waals surface area contributed by atoms with Crippen molar-refractivity contribution in [2.45, 2.75) is 37.5 Å². The van der Waals surface area contributed by atoms with E-state index < -0.39 is 21.0 Å². The van der Waals surface area contributed by atoms with E-state index >= 15 is 0 Å². The Labute approximate surface area is 168 Å². The summed E-state index contributed by atoms with van der Waals surface area (Å²) in [5.41, 5.74) is 2.36. The van der Waals surface area contributed by atoms with Gasteiger partial charge in [0.25, 0.3) is 5.91 Å². The summed E-state index contributed by atoms with van der Waals surface area (Å²) in [4.78, 5) is 17.6. The number of rotatable bonds is 4. The highest BCUT2D eigenvalue weighted by Gasteiger charge is 2.19. The summed E-state index contributed by atoms with van der Waals surface area (Å²) in [7, 11) is -3.38. The highest BCUT2D eigenvalue weighted by Crippen LogP contribution is 2.20. The van der Waals surface area contributed by atoms with Crippen LogP contribution in [0.2, 0.25) is 0 Å². The minimum Gasteiger partial charge on any atom is -0.305 e. The lowest BCUT2D eigenvalue weighted by Crippen LogP contribution is -2.17. The van der Waals surface area contributed by atoms with Gasteiger partial charge in [0.05, 0.1) is 26.9 Å². The molecule has 1 heterocycles. The van der Waals surface area contributed by atoms with Crippen molar-refractivity contribution in [3.63, 3.8) is 0 Å². The molecule has 3 aromatic rings. The number of aromatic nitrogens is 1. The predicted molar refractivity (Wildman–Crippen MR) is 112 cm³/mol. The van der Waals surface area contributed by atoms with E-state index in [4.69, 9.17) is 6.42 Å². The number of carbonyl (C=O) groups is 1. The van der Waals surface area contributed by atoms with Crippen molar-refractivity contribution in [3.8, 4) is 12.3 Å². The lowest BCUT2D eigenvalue weighted by atomic mass is 10.2. The molecule has 0 unspecified atom stereocenters. The fourth-order valence-corrected chi connectivity index (χ4v) is 4.91. The van der Waals surface area contributed by atoms with Crippen LogP contribution in [0.15, 0.2) is 52.4 Å². The quantitative estimate of drug-likeness (QED) is 0.615. The Morgan fingerprint density at radius 3 is 2.50 bits per heavy atom. The Morgan fingerprint density at radius 2 is 1.89 bits per heavy atom. The maximum absolute atomic E-state index is 12.6. The zero-order valence-electron chi connectivity index (χ0n) is 15.8. The summed E-state index contributed by atoms with van der Waals surface area (Å²) in [6.45, 7) is 5.55. The van der Waals surface area contributed by atoms with E-state index in [1.54, 1.807) is 13.8 Å². The minimum absolute atomic E-state index is 0.193. The summed E-state index contributed by atoms with van der Waals surface area (Å²) in [6, 6.07) is 11.9. The van der Waals surface area contributed by atoms with Gasteiger partial charge in [-0.15, -0.1) is 6.42 Å². The number of aryl methyl sites for hydroxylation is 1. The number of terminal acetylenes is 1. The summed E-state index contributed by atoms with van der Waals surface area (Å²) in [5.74, 6) is 2.15. The molecule has 0 N–H and O–H groups in total. The van der Waals surface area contributed by atoms with Gasteiger partial charge in [0.15, 0.2) is 14.6 Å². The molecular formula is C21H20N2O3S2. The number of hydrogen-bond donors (Lipinski definition) is 0. The molecule has 28 heavy (non-hydrogen) atoms. The van der Waals surface area contributed by atoms with E-state index in [1.807, 2.05) is 29.7 Å². The molecule has 0 aliphatic heterocycles. The third kappa shape index (κ3) is 3.79. The maximum atomic E-state index is 12.6. The molecule has 2 aromatic carbocycles. The molecule has 0 fully saturated rings. The molecule has 1 amide bonds. The summed E-state index contributed by atoms with van der Waals surface area (Å²) in [5, 5.41) is -0.525. The fourth-order valence-electron chi connectivity index (χ4n) is 2.72. The van der Waals surface area contributed by atoms with Crippen LogP contribution in [0.3, 0.4) is 0 Å². The number of amides is 1. The number of carbonyl (C=O) groups excluding carboxylic acids is 1. The van der Waals surface area contributed by atoms with Crippen molar-refractivity contribution in [2.24, 2.45) is 4.99 Å². The molecule has 144 valence electrons. The monoisotopic (exact) mass is 412 g/mol. The standard InChI is InChI=1S/C21H20N2O3S2/c1-5-12-23-18-11-6-15(4)13-19(18)27-21(23)22-20(24)16-7-9-17(10-8-16)28(25,26)14(2)3/h1,6-11,13-14H,12H2,2-4H3. The molecule has 0 saturated carbocycles. The largest absolute Gasteiger partial charge is 0.305 e. The number of thiazole rings is 1. The third-order valence-electron chi connectivity index (χ3n) is 4.34. The van der Waals surface area contributed by atoms with Crippen LogP contribution in [0, 0.1) is 19.3 Å². The summed E-state index contributed by atoms with van der Waals surface area (Å²) < 4.78 is 27.3. The van der Waals surface area contributed by atoms with Crippen molar-refractivity contribution in [2.75, 3.05) is 0 Å². The van der Waals surface area contributed by atoms with Gasteiger partial charge < -0.3 is 4.57 Å². The second-order valence-corrected chi connectivity index (χ2v) is 10.2. The van der Waals surface area contributed by atoms with Gasteiger partial charge in [0.1, 0.15) is 0 Å². The molecule has 0 aliphatic rings. The second kappa shape index (κ2) is 7.74. The van der Waals surface area contributed by atoms with Crippen molar-refractivity contribution in [3.05, 3.63) is 58.4 Å². The van der Waals surface area contributed by atoms with Crippen LogP contribution in [0.25, 0.3) is 10.2 Å². The molecule has 7 heteroatoms. The van der Waals surface area contributed by atoms with Crippen molar-refractivity contribution < 1.29 is 13.2 Å². The Bertz CT molecular complexity index is 1260. The first-order valence-corrected chi connectivity index (χ1v) is 11.1. The van der Waals surface area contributed by atoms with Crippen LogP contribution in [0.5, 0.6) is 0 Å². The molecule has 3 rings (SSSR count). The second-order valence-electron chi connectivity index (χ2n) is 6.68. The first kappa shape index (κ1) is 20.1. The first-order valence-electron chi connectivity index (χ1n) is 8.70. The minimum atomic E-state index is -3.38. The number of hydrogen-bond acceptors (Lipinski definition) is 4. The Hall–Kier alpha value is -2.69. The molecule has 0 spiro atoms. The maximum Gasteiger partial charge on any atom is 0.279 e. The van der Waals surface area contributed by atoms with E-state index in [0.717, 1.165) is 15.8 Å². The zero-order valence-corrected chi connectivity index (χ0v) is 17.5. The highest BCUT2D eigenvalue weighted by atomic mass is 32.2. The number of benzene rings is 2. The van der Waals surface area contributed by atoms with Gasteiger partial charge in [0, 0.05) is 5.56 Å². The highest BCUT2D eigenvalue weighted by molar-refractivity contribution is 7.92. The van der Waals surface area contributed by atoms with Gasteiger partial charge in [-0.1, -0.05) is 23.3 Å². The van der Waals surface area contributed by atoms with E-state index in [-0.39, 0.29) is 4.90 Å². The smallest absolute Gasteiger partial charge is 0.279 e. The van der Waals surface area contributed by atoms with Gasteiger partial charge >= 0.3 is 0 Å². The van der Waals surface area contributed by atoms with Crippen LogP contribution in [-0.4, -0.2) is 24.1 Å². The molecule has 0 saturated heterocycles. The predicted octanol–water partition coefficient (Wildman–Crippen LogP) is 3.57. The average Bonchev–Trinajstić information content (AvgIpc) is 2.98. The van der Waals surface area contributed by atoms with Crippen molar-refractivity contribution in [1.29, 1.82) is 0 Å². The first-order chi connectivity index (χ1) is 13.2. The van der Waals surface area contributed by atoms with Gasteiger partial charge in [0.2, 0.25) is 0 Å². The Balaban J connectivity index is 2.03. The van der Waals surface area contributed by atoms with E-state index in [9.17, 15) is 13.2 Å². The Kier molecular flexibility index (Phi) is 5.54. The summed E-state index contributed by atoms with van der Waals surface area (Å²) >= 11 is 1.40. The van der Waals surface area contributed by atoms with Gasteiger partial charge in [-0.2, -0.15) is 4.99 Å². The van der Waals surface area contributed by atoms with Crippen LogP contribution in [0.1, 0.15) is 29.8 Å². The van der Waals surface area contributed by atoms with Gasteiger partial charge in [-0.05, 0) is 62.7 Å². The third-order valence-corrected chi connectivity index (χ3v) is 7.55. The van der Waals surface area contributed by atoms with E-state index in [2.05, 4.69) is 10.9 Å². The van der Waals surface area contributed by atoms with Gasteiger partial charge in [-0.3, -0.25) is 4.79 Å². The fraction of sp³-hybridized carbons (Fsp3) is 0.238. The van der Waals surface area contributed by atoms with Crippen LogP contribution in [0.4, 0.5) is 0 Å². The molecule has 0 aliphatic carbocycles. The average molecular weight is 413 g/mol. The van der Waals surface area contributed by atoms with Crippen LogP contribution in [-0.2, 0) is 16.4 Å².